The summed E-state index contributed by atoms with van der Waals surface area (Å²) in [5.41, 5.74) is 3.55. The number of aryl methyl sites for hydroxylation is 2. The first kappa shape index (κ1) is 9.45. The Morgan fingerprint density at radius 1 is 1.29 bits per heavy atom. The first-order chi connectivity index (χ1) is 6.81. The van der Waals surface area contributed by atoms with E-state index in [2.05, 4.69) is 25.1 Å². The summed E-state index contributed by atoms with van der Waals surface area (Å²) in [6.45, 7) is 2.17. The number of Topliss-reactive ketones (excluding diaryl/α,β-unsaturated/α-hetero) is 1. The second kappa shape index (κ2) is 3.95. The first-order valence-corrected chi connectivity index (χ1v) is 5.46. The summed E-state index contributed by atoms with van der Waals surface area (Å²) in [7, 11) is 0. The molecule has 0 amide bonds. The Balaban J connectivity index is 2.36. The topological polar surface area (TPSA) is 17.1 Å². The van der Waals surface area contributed by atoms with Gasteiger partial charge in [0.25, 0.3) is 0 Å². The van der Waals surface area contributed by atoms with Crippen LogP contribution in [0.25, 0.3) is 0 Å². The largest absolute Gasteiger partial charge is 0.294 e. The van der Waals surface area contributed by atoms with Gasteiger partial charge in [-0.05, 0) is 36.5 Å². The van der Waals surface area contributed by atoms with Gasteiger partial charge in [-0.2, -0.15) is 0 Å². The molecule has 1 aliphatic rings. The molecule has 74 valence electrons. The molecule has 2 rings (SSSR count). The van der Waals surface area contributed by atoms with Crippen molar-refractivity contribution in [3.8, 4) is 0 Å². The Labute approximate surface area is 85.1 Å². The van der Waals surface area contributed by atoms with E-state index in [1.165, 1.54) is 11.1 Å². The van der Waals surface area contributed by atoms with E-state index in [1.807, 2.05) is 0 Å². The highest BCUT2D eigenvalue weighted by molar-refractivity contribution is 5.98. The predicted octanol–water partition coefficient (Wildman–Crippen LogP) is 3.16. The highest BCUT2D eigenvalue weighted by Gasteiger charge is 2.16. The van der Waals surface area contributed by atoms with Gasteiger partial charge in [0.15, 0.2) is 5.78 Å². The number of rotatable bonds is 2. The maximum atomic E-state index is 11.6. The van der Waals surface area contributed by atoms with Crippen LogP contribution in [0.2, 0.25) is 0 Å². The molecule has 0 radical (unpaired) electrons. The van der Waals surface area contributed by atoms with E-state index in [4.69, 9.17) is 0 Å². The summed E-state index contributed by atoms with van der Waals surface area (Å²) in [5.74, 6) is 0.337. The highest BCUT2D eigenvalue weighted by atomic mass is 16.1. The quantitative estimate of drug-likeness (QED) is 0.696. The molecule has 0 bridgehead atoms. The van der Waals surface area contributed by atoms with Crippen molar-refractivity contribution in [3.63, 3.8) is 0 Å². The number of carbonyl (C=O) groups excluding carboxylic acids is 1. The van der Waals surface area contributed by atoms with Crippen molar-refractivity contribution < 1.29 is 4.79 Å². The zero-order chi connectivity index (χ0) is 9.97. The number of benzene rings is 1. The van der Waals surface area contributed by atoms with Gasteiger partial charge in [-0.3, -0.25) is 4.79 Å². The van der Waals surface area contributed by atoms with Gasteiger partial charge in [-0.1, -0.05) is 25.5 Å². The predicted molar refractivity (Wildman–Crippen MR) is 57.7 cm³/mol. The summed E-state index contributed by atoms with van der Waals surface area (Å²) in [6, 6.07) is 6.40. The standard InChI is InChI=1S/C13H16O/c1-2-4-10-7-8-11-5-3-6-13(14)12(11)9-10/h7-9H,2-6H2,1H3. The van der Waals surface area contributed by atoms with Crippen molar-refractivity contribution in [1.29, 1.82) is 0 Å². The average Bonchev–Trinajstić information content (AvgIpc) is 2.20. The molecule has 1 aliphatic carbocycles. The molecule has 0 unspecified atom stereocenters. The van der Waals surface area contributed by atoms with Gasteiger partial charge < -0.3 is 0 Å². The summed E-state index contributed by atoms with van der Waals surface area (Å²) in [4.78, 5) is 11.6. The van der Waals surface area contributed by atoms with E-state index in [-0.39, 0.29) is 0 Å². The van der Waals surface area contributed by atoms with E-state index < -0.39 is 0 Å². The Hall–Kier alpha value is -1.11. The molecule has 0 saturated carbocycles. The molecule has 0 atom stereocenters. The van der Waals surface area contributed by atoms with E-state index in [9.17, 15) is 4.79 Å². The lowest BCUT2D eigenvalue weighted by Gasteiger charge is -2.15. The molecule has 1 aromatic rings. The molecule has 0 N–H and O–H groups in total. The minimum absolute atomic E-state index is 0.337. The minimum Gasteiger partial charge on any atom is -0.294 e. The second-order valence-corrected chi connectivity index (χ2v) is 4.02. The fraction of sp³-hybridized carbons (Fsp3) is 0.462. The monoisotopic (exact) mass is 188 g/mol. The average molecular weight is 188 g/mol. The van der Waals surface area contributed by atoms with Crippen LogP contribution in [0.5, 0.6) is 0 Å². The molecular weight excluding hydrogens is 172 g/mol. The fourth-order valence-corrected chi connectivity index (χ4v) is 2.12. The van der Waals surface area contributed by atoms with Crippen LogP contribution >= 0.6 is 0 Å². The maximum Gasteiger partial charge on any atom is 0.163 e. The van der Waals surface area contributed by atoms with E-state index >= 15 is 0 Å². The molecule has 0 spiro atoms. The summed E-state index contributed by atoms with van der Waals surface area (Å²) < 4.78 is 0. The lowest BCUT2D eigenvalue weighted by atomic mass is 9.89. The third-order valence-electron chi connectivity index (χ3n) is 2.86. The van der Waals surface area contributed by atoms with Crippen LogP contribution < -0.4 is 0 Å². The van der Waals surface area contributed by atoms with Gasteiger partial charge in [0.05, 0.1) is 0 Å². The summed E-state index contributed by atoms with van der Waals surface area (Å²) in [5, 5.41) is 0. The highest BCUT2D eigenvalue weighted by Crippen LogP contribution is 2.22. The van der Waals surface area contributed by atoms with Gasteiger partial charge in [0.2, 0.25) is 0 Å². The lowest BCUT2D eigenvalue weighted by Crippen LogP contribution is -2.11. The molecule has 0 aliphatic heterocycles. The van der Waals surface area contributed by atoms with Gasteiger partial charge in [-0.25, -0.2) is 0 Å². The Morgan fingerprint density at radius 2 is 2.14 bits per heavy atom. The van der Waals surface area contributed by atoms with Crippen molar-refractivity contribution in [2.75, 3.05) is 0 Å². The van der Waals surface area contributed by atoms with Crippen LogP contribution in [0.4, 0.5) is 0 Å². The van der Waals surface area contributed by atoms with Crippen molar-refractivity contribution in [2.24, 2.45) is 0 Å². The molecule has 14 heavy (non-hydrogen) atoms. The Kier molecular flexibility index (Phi) is 2.67. The van der Waals surface area contributed by atoms with E-state index in [0.717, 1.165) is 37.7 Å². The van der Waals surface area contributed by atoms with Crippen LogP contribution in [-0.4, -0.2) is 5.78 Å². The molecule has 1 nitrogen and oxygen atoms in total. The van der Waals surface area contributed by atoms with Gasteiger partial charge in [0.1, 0.15) is 0 Å². The van der Waals surface area contributed by atoms with E-state index in [0.29, 0.717) is 5.78 Å². The van der Waals surface area contributed by atoms with Gasteiger partial charge >= 0.3 is 0 Å². The van der Waals surface area contributed by atoms with Crippen molar-refractivity contribution >= 4 is 5.78 Å². The van der Waals surface area contributed by atoms with Crippen molar-refractivity contribution in [1.82, 2.24) is 0 Å². The molecule has 0 aromatic heterocycles. The molecule has 0 fully saturated rings. The van der Waals surface area contributed by atoms with Crippen LogP contribution in [0.1, 0.15) is 47.7 Å². The SMILES string of the molecule is CCCc1ccc2c(c1)C(=O)CCC2. The van der Waals surface area contributed by atoms with Crippen LogP contribution in [-0.2, 0) is 12.8 Å². The van der Waals surface area contributed by atoms with Crippen molar-refractivity contribution in [2.45, 2.75) is 39.0 Å². The number of hydrogen-bond donors (Lipinski definition) is 0. The van der Waals surface area contributed by atoms with Crippen LogP contribution in [0, 0.1) is 0 Å². The summed E-state index contributed by atoms with van der Waals surface area (Å²) >= 11 is 0. The number of hydrogen-bond acceptors (Lipinski definition) is 1. The number of carbonyl (C=O) groups is 1. The number of fused-ring (bicyclic) bond motifs is 1. The van der Waals surface area contributed by atoms with Crippen LogP contribution in [0.15, 0.2) is 18.2 Å². The molecule has 0 saturated heterocycles. The number of ketones is 1. The Morgan fingerprint density at radius 3 is 2.93 bits per heavy atom. The smallest absolute Gasteiger partial charge is 0.163 e. The second-order valence-electron chi connectivity index (χ2n) is 4.02. The summed E-state index contributed by atoms with van der Waals surface area (Å²) in [6.07, 6.45) is 5.07. The van der Waals surface area contributed by atoms with E-state index in [1.54, 1.807) is 0 Å². The van der Waals surface area contributed by atoms with Gasteiger partial charge in [0, 0.05) is 12.0 Å². The Bertz CT molecular complexity index is 352. The van der Waals surface area contributed by atoms with Crippen molar-refractivity contribution in [3.05, 3.63) is 34.9 Å². The maximum absolute atomic E-state index is 11.6. The fourth-order valence-electron chi connectivity index (χ4n) is 2.12. The lowest BCUT2D eigenvalue weighted by molar-refractivity contribution is 0.0972. The van der Waals surface area contributed by atoms with Crippen LogP contribution in [0.3, 0.4) is 0 Å². The normalized spacial score (nSPS) is 15.4. The molecular formula is C13H16O. The molecule has 1 aromatic carbocycles. The molecule has 1 heteroatoms. The zero-order valence-electron chi connectivity index (χ0n) is 8.68. The zero-order valence-corrected chi connectivity index (χ0v) is 8.68. The third-order valence-corrected chi connectivity index (χ3v) is 2.86. The third kappa shape index (κ3) is 1.72. The molecule has 0 heterocycles. The van der Waals surface area contributed by atoms with Gasteiger partial charge in [-0.15, -0.1) is 0 Å². The first-order valence-electron chi connectivity index (χ1n) is 5.46. The minimum atomic E-state index is 0.337.